The summed E-state index contributed by atoms with van der Waals surface area (Å²) in [5.41, 5.74) is 1.97. The molecule has 1 aromatic carbocycles. The van der Waals surface area contributed by atoms with E-state index in [4.69, 9.17) is 5.11 Å². The SMILES string of the molecule is C=Cc1ccc(CO)c2cnccc12. The van der Waals surface area contributed by atoms with Gasteiger partial charge in [0, 0.05) is 17.8 Å². The van der Waals surface area contributed by atoms with Crippen molar-refractivity contribution in [2.45, 2.75) is 6.61 Å². The molecule has 2 heteroatoms. The van der Waals surface area contributed by atoms with Crippen LogP contribution in [0.25, 0.3) is 16.8 Å². The van der Waals surface area contributed by atoms with E-state index in [1.807, 2.05) is 24.3 Å². The predicted molar refractivity (Wildman–Crippen MR) is 57.8 cm³/mol. The first kappa shape index (κ1) is 8.91. The summed E-state index contributed by atoms with van der Waals surface area (Å²) in [5.74, 6) is 0. The molecule has 0 unspecified atom stereocenters. The van der Waals surface area contributed by atoms with Crippen molar-refractivity contribution in [2.24, 2.45) is 0 Å². The molecule has 0 radical (unpaired) electrons. The van der Waals surface area contributed by atoms with Crippen LogP contribution in [-0.4, -0.2) is 10.1 Å². The number of benzene rings is 1. The number of aromatic nitrogens is 1. The summed E-state index contributed by atoms with van der Waals surface area (Å²) in [5, 5.41) is 11.2. The first-order valence-corrected chi connectivity index (χ1v) is 4.45. The summed E-state index contributed by atoms with van der Waals surface area (Å²) in [6.07, 6.45) is 5.33. The molecule has 2 nitrogen and oxygen atoms in total. The lowest BCUT2D eigenvalue weighted by Gasteiger charge is -2.05. The lowest BCUT2D eigenvalue weighted by Crippen LogP contribution is -1.88. The Kier molecular flexibility index (Phi) is 2.29. The highest BCUT2D eigenvalue weighted by atomic mass is 16.3. The summed E-state index contributed by atoms with van der Waals surface area (Å²) in [4.78, 5) is 4.05. The average molecular weight is 185 g/mol. The van der Waals surface area contributed by atoms with Crippen molar-refractivity contribution in [1.29, 1.82) is 0 Å². The van der Waals surface area contributed by atoms with Gasteiger partial charge >= 0.3 is 0 Å². The van der Waals surface area contributed by atoms with Crippen LogP contribution in [-0.2, 0) is 6.61 Å². The minimum absolute atomic E-state index is 0.0413. The van der Waals surface area contributed by atoms with E-state index in [2.05, 4.69) is 11.6 Å². The third-order valence-corrected chi connectivity index (χ3v) is 2.33. The maximum absolute atomic E-state index is 9.15. The number of hydrogen-bond acceptors (Lipinski definition) is 2. The molecule has 0 bridgehead atoms. The van der Waals surface area contributed by atoms with Gasteiger partial charge in [-0.25, -0.2) is 0 Å². The zero-order chi connectivity index (χ0) is 9.97. The third-order valence-electron chi connectivity index (χ3n) is 2.33. The maximum atomic E-state index is 9.15. The van der Waals surface area contributed by atoms with E-state index in [0.29, 0.717) is 0 Å². The van der Waals surface area contributed by atoms with Crippen LogP contribution in [0.4, 0.5) is 0 Å². The van der Waals surface area contributed by atoms with Crippen molar-refractivity contribution in [2.75, 3.05) is 0 Å². The van der Waals surface area contributed by atoms with Crippen molar-refractivity contribution in [1.82, 2.24) is 4.98 Å². The summed E-state index contributed by atoms with van der Waals surface area (Å²) in [6.45, 7) is 3.79. The smallest absolute Gasteiger partial charge is 0.0688 e. The summed E-state index contributed by atoms with van der Waals surface area (Å²) in [6, 6.07) is 5.80. The molecule has 2 aromatic rings. The van der Waals surface area contributed by atoms with Crippen LogP contribution in [0, 0.1) is 0 Å². The predicted octanol–water partition coefficient (Wildman–Crippen LogP) is 2.37. The molecule has 0 saturated heterocycles. The number of pyridine rings is 1. The molecule has 1 N–H and O–H groups in total. The molecular formula is C12H11NO. The van der Waals surface area contributed by atoms with E-state index in [9.17, 15) is 0 Å². The van der Waals surface area contributed by atoms with Gasteiger partial charge < -0.3 is 5.11 Å². The minimum Gasteiger partial charge on any atom is -0.392 e. The largest absolute Gasteiger partial charge is 0.392 e. The molecule has 0 amide bonds. The topological polar surface area (TPSA) is 33.1 Å². The Labute approximate surface area is 82.5 Å². The Balaban J connectivity index is 2.84. The van der Waals surface area contributed by atoms with Gasteiger partial charge in [-0.2, -0.15) is 0 Å². The summed E-state index contributed by atoms with van der Waals surface area (Å²) < 4.78 is 0. The van der Waals surface area contributed by atoms with Crippen molar-refractivity contribution in [3.63, 3.8) is 0 Å². The highest BCUT2D eigenvalue weighted by molar-refractivity contribution is 5.92. The Hall–Kier alpha value is -1.67. The first-order valence-electron chi connectivity index (χ1n) is 4.45. The number of rotatable bonds is 2. The molecule has 0 atom stereocenters. The lowest BCUT2D eigenvalue weighted by atomic mass is 10.0. The van der Waals surface area contributed by atoms with Crippen LogP contribution >= 0.6 is 0 Å². The van der Waals surface area contributed by atoms with Gasteiger partial charge in [-0.15, -0.1) is 0 Å². The molecule has 0 fully saturated rings. The van der Waals surface area contributed by atoms with Crippen molar-refractivity contribution in [3.05, 3.63) is 48.3 Å². The molecule has 70 valence electrons. The van der Waals surface area contributed by atoms with Gasteiger partial charge in [0.25, 0.3) is 0 Å². The van der Waals surface area contributed by atoms with Gasteiger partial charge in [0.1, 0.15) is 0 Å². The zero-order valence-corrected chi connectivity index (χ0v) is 7.77. The lowest BCUT2D eigenvalue weighted by molar-refractivity contribution is 0.283. The van der Waals surface area contributed by atoms with Crippen molar-refractivity contribution in [3.8, 4) is 0 Å². The fourth-order valence-electron chi connectivity index (χ4n) is 1.59. The van der Waals surface area contributed by atoms with E-state index in [0.717, 1.165) is 21.9 Å². The number of aliphatic hydroxyl groups excluding tert-OH is 1. The highest BCUT2D eigenvalue weighted by Gasteiger charge is 2.02. The molecule has 1 heterocycles. The molecule has 0 aliphatic rings. The van der Waals surface area contributed by atoms with Gasteiger partial charge in [0.2, 0.25) is 0 Å². The number of hydrogen-bond donors (Lipinski definition) is 1. The van der Waals surface area contributed by atoms with Crippen LogP contribution in [0.5, 0.6) is 0 Å². The Morgan fingerprint density at radius 2 is 2.14 bits per heavy atom. The molecule has 14 heavy (non-hydrogen) atoms. The van der Waals surface area contributed by atoms with Crippen LogP contribution in [0.3, 0.4) is 0 Å². The fraction of sp³-hybridized carbons (Fsp3) is 0.0833. The molecule has 2 rings (SSSR count). The number of aliphatic hydroxyl groups is 1. The van der Waals surface area contributed by atoms with Gasteiger partial charge in [0.05, 0.1) is 6.61 Å². The van der Waals surface area contributed by atoms with Gasteiger partial charge in [-0.1, -0.05) is 24.8 Å². The molecule has 1 aromatic heterocycles. The number of fused-ring (bicyclic) bond motifs is 1. The quantitative estimate of drug-likeness (QED) is 0.779. The van der Waals surface area contributed by atoms with Crippen molar-refractivity contribution >= 4 is 16.8 Å². The minimum atomic E-state index is 0.0413. The van der Waals surface area contributed by atoms with E-state index < -0.39 is 0 Å². The summed E-state index contributed by atoms with van der Waals surface area (Å²) in [7, 11) is 0. The number of nitrogens with zero attached hydrogens (tertiary/aromatic N) is 1. The fourth-order valence-corrected chi connectivity index (χ4v) is 1.59. The van der Waals surface area contributed by atoms with Crippen LogP contribution in [0.2, 0.25) is 0 Å². The standard InChI is InChI=1S/C12H11NO/c1-2-9-3-4-10(8-14)12-7-13-6-5-11(9)12/h2-7,14H,1,8H2. The van der Waals surface area contributed by atoms with Gasteiger partial charge in [-0.05, 0) is 22.6 Å². The second kappa shape index (κ2) is 3.60. The Bertz CT molecular complexity index is 477. The second-order valence-corrected chi connectivity index (χ2v) is 3.10. The van der Waals surface area contributed by atoms with Crippen LogP contribution < -0.4 is 0 Å². The normalized spacial score (nSPS) is 10.4. The van der Waals surface area contributed by atoms with E-state index in [1.165, 1.54) is 0 Å². The molecular weight excluding hydrogens is 174 g/mol. The van der Waals surface area contributed by atoms with E-state index in [1.54, 1.807) is 12.4 Å². The van der Waals surface area contributed by atoms with Crippen LogP contribution in [0.15, 0.2) is 37.2 Å². The third kappa shape index (κ3) is 1.30. The molecule has 0 spiro atoms. The Morgan fingerprint density at radius 3 is 2.86 bits per heavy atom. The monoisotopic (exact) mass is 185 g/mol. The highest BCUT2D eigenvalue weighted by Crippen LogP contribution is 2.22. The maximum Gasteiger partial charge on any atom is 0.0688 e. The van der Waals surface area contributed by atoms with Gasteiger partial charge in [0.15, 0.2) is 0 Å². The Morgan fingerprint density at radius 1 is 1.29 bits per heavy atom. The van der Waals surface area contributed by atoms with Gasteiger partial charge in [-0.3, -0.25) is 4.98 Å². The van der Waals surface area contributed by atoms with Crippen molar-refractivity contribution < 1.29 is 5.11 Å². The first-order chi connectivity index (χ1) is 6.86. The molecule has 0 saturated carbocycles. The summed E-state index contributed by atoms with van der Waals surface area (Å²) >= 11 is 0. The zero-order valence-electron chi connectivity index (χ0n) is 7.77. The molecule has 0 aliphatic carbocycles. The average Bonchev–Trinajstić information content (AvgIpc) is 2.27. The second-order valence-electron chi connectivity index (χ2n) is 3.10. The van der Waals surface area contributed by atoms with E-state index in [-0.39, 0.29) is 6.61 Å². The van der Waals surface area contributed by atoms with E-state index >= 15 is 0 Å². The van der Waals surface area contributed by atoms with Crippen LogP contribution in [0.1, 0.15) is 11.1 Å². The molecule has 0 aliphatic heterocycles.